The van der Waals surface area contributed by atoms with E-state index in [0.717, 1.165) is 6.42 Å². The van der Waals surface area contributed by atoms with Gasteiger partial charge in [0.05, 0.1) is 11.3 Å². The van der Waals surface area contributed by atoms with Crippen LogP contribution in [0.5, 0.6) is 0 Å². The number of nitrogens with one attached hydrogen (secondary N) is 1. The van der Waals surface area contributed by atoms with Crippen molar-refractivity contribution in [2.75, 3.05) is 24.5 Å². The molecule has 2 aliphatic rings. The summed E-state index contributed by atoms with van der Waals surface area (Å²) in [6.45, 7) is 11.3. The quantitative estimate of drug-likeness (QED) is 0.720. The van der Waals surface area contributed by atoms with Gasteiger partial charge in [0.15, 0.2) is 5.78 Å². The number of rotatable bonds is 3. The van der Waals surface area contributed by atoms with Gasteiger partial charge in [-0.15, -0.1) is 5.10 Å². The first-order chi connectivity index (χ1) is 15.9. The third kappa shape index (κ3) is 4.71. The van der Waals surface area contributed by atoms with Gasteiger partial charge in [0.1, 0.15) is 11.4 Å². The number of nitrogens with zero attached hydrogens (tertiary/aromatic N) is 3. The number of likely N-dealkylation sites (tertiary alicyclic amines) is 1. The maximum absolute atomic E-state index is 15.0. The summed E-state index contributed by atoms with van der Waals surface area (Å²) in [5.74, 6) is -1.28. The molecule has 0 radical (unpaired) electrons. The number of halogens is 1. The minimum Gasteiger partial charge on any atom is -0.444 e. The van der Waals surface area contributed by atoms with Gasteiger partial charge in [-0.25, -0.2) is 19.1 Å². The smallest absolute Gasteiger partial charge is 0.434 e. The molecule has 3 heterocycles. The van der Waals surface area contributed by atoms with Crippen molar-refractivity contribution in [1.29, 1.82) is 0 Å². The fraction of sp³-hybridized carbons (Fsp3) is 0.583. The lowest BCUT2D eigenvalue weighted by atomic mass is 9.80. The van der Waals surface area contributed by atoms with Crippen molar-refractivity contribution in [1.82, 2.24) is 15.1 Å². The molecule has 0 unspecified atom stereocenters. The Kier molecular flexibility index (Phi) is 6.26. The van der Waals surface area contributed by atoms with Gasteiger partial charge < -0.3 is 19.0 Å². The van der Waals surface area contributed by atoms with Crippen LogP contribution in [-0.4, -0.2) is 58.3 Å². The van der Waals surface area contributed by atoms with Crippen molar-refractivity contribution < 1.29 is 23.1 Å². The Morgan fingerprint density at radius 3 is 2.65 bits per heavy atom. The van der Waals surface area contributed by atoms with E-state index in [0.29, 0.717) is 25.3 Å². The van der Waals surface area contributed by atoms with Crippen LogP contribution in [0.15, 0.2) is 21.3 Å². The molecule has 0 aliphatic carbocycles. The zero-order chi connectivity index (χ0) is 24.8. The average molecular weight is 475 g/mol. The Morgan fingerprint density at radius 2 is 2.03 bits per heavy atom. The first kappa shape index (κ1) is 24.0. The Morgan fingerprint density at radius 1 is 1.29 bits per heavy atom. The number of amides is 1. The highest BCUT2D eigenvalue weighted by Gasteiger charge is 2.38. The molecule has 1 aromatic heterocycles. The highest BCUT2D eigenvalue weighted by molar-refractivity contribution is 6.04. The van der Waals surface area contributed by atoms with Crippen LogP contribution in [0.1, 0.15) is 57.8 Å². The number of aromatic amines is 1. The number of fused-ring (bicyclic) bond motifs is 1. The molecular weight excluding hydrogens is 443 g/mol. The number of aromatic nitrogens is 2. The molecule has 2 aromatic rings. The molecule has 9 nitrogen and oxygen atoms in total. The van der Waals surface area contributed by atoms with Gasteiger partial charge in [0.2, 0.25) is 5.89 Å². The second kappa shape index (κ2) is 8.88. The fourth-order valence-electron chi connectivity index (χ4n) is 5.07. The van der Waals surface area contributed by atoms with Gasteiger partial charge >= 0.3 is 11.8 Å². The number of carbonyl (C=O) groups is 2. The number of benzene rings is 1. The SMILES string of the molecule is C[C@@H]1CN(C(=O)OC(C)(C)C)CC[C@@H]1[C@H](C)N1CCC(=O)c2c(F)cc(-c3n[nH]c(=O)o3)cc21. The third-order valence-electron chi connectivity index (χ3n) is 6.66. The number of anilines is 1. The molecule has 1 N–H and O–H groups in total. The standard InChI is InChI=1S/C24H31FN4O5/c1-13-12-28(23(32)34-24(3,4)5)8-6-16(13)14(2)29-9-7-19(30)20-17(25)10-15(11-18(20)29)21-26-27-22(31)33-21/h10-11,13-14,16H,6-9,12H2,1-5H3,(H,27,31)/t13-,14+,16+/m1/s1. The van der Waals surface area contributed by atoms with Gasteiger partial charge in [-0.2, -0.15) is 0 Å². The van der Waals surface area contributed by atoms with Crippen LogP contribution in [0.25, 0.3) is 11.5 Å². The van der Waals surface area contributed by atoms with Crippen molar-refractivity contribution in [3.8, 4) is 11.5 Å². The second-order valence-electron chi connectivity index (χ2n) is 10.2. The van der Waals surface area contributed by atoms with E-state index in [1.165, 1.54) is 6.07 Å². The fourth-order valence-corrected chi connectivity index (χ4v) is 5.07. The van der Waals surface area contributed by atoms with Crippen molar-refractivity contribution >= 4 is 17.6 Å². The predicted octanol–water partition coefficient (Wildman–Crippen LogP) is 3.84. The van der Waals surface area contributed by atoms with E-state index in [2.05, 4.69) is 28.9 Å². The van der Waals surface area contributed by atoms with E-state index >= 15 is 4.39 Å². The van der Waals surface area contributed by atoms with E-state index < -0.39 is 17.2 Å². The summed E-state index contributed by atoms with van der Waals surface area (Å²) in [4.78, 5) is 40.3. The highest BCUT2D eigenvalue weighted by Crippen LogP contribution is 2.38. The average Bonchev–Trinajstić information content (AvgIpc) is 3.18. The third-order valence-corrected chi connectivity index (χ3v) is 6.66. The number of hydrogen-bond donors (Lipinski definition) is 1. The molecule has 0 spiro atoms. The Balaban J connectivity index is 1.58. The van der Waals surface area contributed by atoms with Crippen LogP contribution < -0.4 is 10.7 Å². The van der Waals surface area contributed by atoms with Crippen LogP contribution >= 0.6 is 0 Å². The molecule has 184 valence electrons. The number of H-pyrrole nitrogens is 1. The zero-order valence-electron chi connectivity index (χ0n) is 20.2. The molecule has 0 saturated carbocycles. The van der Waals surface area contributed by atoms with E-state index in [9.17, 15) is 14.4 Å². The lowest BCUT2D eigenvalue weighted by molar-refractivity contribution is 0.00999. The van der Waals surface area contributed by atoms with Gasteiger partial charge in [-0.1, -0.05) is 6.92 Å². The van der Waals surface area contributed by atoms with Gasteiger partial charge in [0, 0.05) is 37.7 Å². The normalized spacial score (nSPS) is 21.9. The first-order valence-electron chi connectivity index (χ1n) is 11.6. The summed E-state index contributed by atoms with van der Waals surface area (Å²) < 4.78 is 25.6. The van der Waals surface area contributed by atoms with Crippen LogP contribution in [0, 0.1) is 17.7 Å². The number of piperidine rings is 1. The maximum atomic E-state index is 15.0. The molecule has 1 saturated heterocycles. The van der Waals surface area contributed by atoms with E-state index in [4.69, 9.17) is 9.15 Å². The first-order valence-corrected chi connectivity index (χ1v) is 11.6. The summed E-state index contributed by atoms with van der Waals surface area (Å²) in [6, 6.07) is 2.82. The molecule has 1 fully saturated rings. The number of carbonyl (C=O) groups excluding carboxylic acids is 2. The molecule has 1 amide bonds. The summed E-state index contributed by atoms with van der Waals surface area (Å²) in [7, 11) is 0. The summed E-state index contributed by atoms with van der Waals surface area (Å²) in [6.07, 6.45) is 0.667. The maximum Gasteiger partial charge on any atom is 0.434 e. The number of ketones is 1. The Bertz CT molecular complexity index is 1150. The zero-order valence-corrected chi connectivity index (χ0v) is 20.2. The molecule has 0 bridgehead atoms. The number of hydrogen-bond acceptors (Lipinski definition) is 7. The molecule has 4 rings (SSSR count). The van der Waals surface area contributed by atoms with Crippen molar-refractivity contribution in [3.63, 3.8) is 0 Å². The van der Waals surface area contributed by atoms with E-state index in [-0.39, 0.29) is 53.2 Å². The van der Waals surface area contributed by atoms with Gasteiger partial charge in [0.25, 0.3) is 0 Å². The summed E-state index contributed by atoms with van der Waals surface area (Å²) in [5.41, 5.74) is 0.267. The number of Topliss-reactive ketones (excluding diaryl/α,β-unsaturated/α-hetero) is 1. The second-order valence-corrected chi connectivity index (χ2v) is 10.2. The van der Waals surface area contributed by atoms with E-state index in [1.807, 2.05) is 20.8 Å². The van der Waals surface area contributed by atoms with E-state index in [1.54, 1.807) is 11.0 Å². The number of ether oxygens (including phenoxy) is 1. The van der Waals surface area contributed by atoms with Crippen molar-refractivity contribution in [3.05, 3.63) is 34.1 Å². The van der Waals surface area contributed by atoms with Gasteiger partial charge in [-0.05, 0) is 58.1 Å². The molecular formula is C24H31FN4O5. The predicted molar refractivity (Wildman–Crippen MR) is 123 cm³/mol. The summed E-state index contributed by atoms with van der Waals surface area (Å²) >= 11 is 0. The largest absolute Gasteiger partial charge is 0.444 e. The topological polar surface area (TPSA) is 109 Å². The lowest BCUT2D eigenvalue weighted by Gasteiger charge is -2.45. The lowest BCUT2D eigenvalue weighted by Crippen LogP contribution is -2.52. The van der Waals surface area contributed by atoms with Crippen LogP contribution in [0.4, 0.5) is 14.9 Å². The molecule has 1 aromatic carbocycles. The molecule has 2 aliphatic heterocycles. The Hall–Kier alpha value is -3.17. The van der Waals surface area contributed by atoms with Crippen molar-refractivity contribution in [2.45, 2.75) is 59.1 Å². The van der Waals surface area contributed by atoms with Gasteiger partial charge in [-0.3, -0.25) is 4.79 Å². The summed E-state index contributed by atoms with van der Waals surface area (Å²) in [5, 5.41) is 5.97. The minimum absolute atomic E-state index is 0.0107. The van der Waals surface area contributed by atoms with Crippen molar-refractivity contribution in [2.24, 2.45) is 11.8 Å². The highest BCUT2D eigenvalue weighted by atomic mass is 19.1. The molecule has 10 heteroatoms. The monoisotopic (exact) mass is 474 g/mol. The molecule has 34 heavy (non-hydrogen) atoms. The van der Waals surface area contributed by atoms with Crippen LogP contribution in [0.2, 0.25) is 0 Å². The Labute approximate surface area is 197 Å². The van der Waals surface area contributed by atoms with Crippen LogP contribution in [0.3, 0.4) is 0 Å². The minimum atomic E-state index is -0.736. The molecule has 3 atom stereocenters. The van der Waals surface area contributed by atoms with Crippen LogP contribution in [-0.2, 0) is 4.74 Å².